The van der Waals surface area contributed by atoms with Crippen LogP contribution in [0.5, 0.6) is 0 Å². The molecule has 0 saturated heterocycles. The van der Waals surface area contributed by atoms with Gasteiger partial charge < -0.3 is 0 Å². The Morgan fingerprint density at radius 1 is 0.938 bits per heavy atom. The largest absolute Gasteiger partial charge is 0.103 e. The van der Waals surface area contributed by atoms with Crippen LogP contribution in [0.3, 0.4) is 0 Å². The van der Waals surface area contributed by atoms with Gasteiger partial charge in [0, 0.05) is 0 Å². The number of allylic oxidation sites excluding steroid dienone is 1. The normalized spacial score (nSPS) is 13.6. The van der Waals surface area contributed by atoms with E-state index in [1.54, 1.807) is 0 Å². The first kappa shape index (κ1) is 18.1. The van der Waals surface area contributed by atoms with E-state index in [9.17, 15) is 0 Å². The molecule has 0 spiro atoms. The monoisotopic (exact) mass is 226 g/mol. The lowest BCUT2D eigenvalue weighted by atomic mass is 9.98. The van der Waals surface area contributed by atoms with Crippen molar-refractivity contribution in [3.8, 4) is 0 Å². The van der Waals surface area contributed by atoms with Crippen LogP contribution in [0, 0.1) is 11.8 Å². The van der Waals surface area contributed by atoms with Crippen molar-refractivity contribution < 1.29 is 0 Å². The van der Waals surface area contributed by atoms with Crippen molar-refractivity contribution >= 4 is 0 Å². The van der Waals surface area contributed by atoms with Crippen molar-refractivity contribution in [2.45, 2.75) is 79.6 Å². The van der Waals surface area contributed by atoms with Crippen molar-refractivity contribution in [3.63, 3.8) is 0 Å². The molecule has 0 saturated carbocycles. The van der Waals surface area contributed by atoms with E-state index in [-0.39, 0.29) is 0 Å². The molecule has 0 aliphatic carbocycles. The Morgan fingerprint density at radius 3 is 1.81 bits per heavy atom. The molecule has 0 bridgehead atoms. The molecule has 16 heavy (non-hydrogen) atoms. The third kappa shape index (κ3) is 16.2. The first-order chi connectivity index (χ1) is 7.62. The number of rotatable bonds is 8. The topological polar surface area (TPSA) is 0 Å². The zero-order chi connectivity index (χ0) is 12.8. The predicted molar refractivity (Wildman–Crippen MR) is 77.9 cm³/mol. The van der Waals surface area contributed by atoms with Gasteiger partial charge in [-0.25, -0.2) is 0 Å². The zero-order valence-corrected chi connectivity index (χ0v) is 12.4. The summed E-state index contributed by atoms with van der Waals surface area (Å²) in [4.78, 5) is 0. The van der Waals surface area contributed by atoms with E-state index in [2.05, 4.69) is 47.3 Å². The van der Waals surface area contributed by atoms with Gasteiger partial charge in [0.25, 0.3) is 0 Å². The number of unbranched alkanes of at least 4 members (excludes halogenated alkanes) is 2. The maximum atomic E-state index is 3.79. The zero-order valence-electron chi connectivity index (χ0n) is 12.4. The summed E-state index contributed by atoms with van der Waals surface area (Å²) >= 11 is 0. The van der Waals surface area contributed by atoms with Crippen LogP contribution in [0.25, 0.3) is 0 Å². The lowest BCUT2D eigenvalue weighted by Gasteiger charge is -2.08. The minimum Gasteiger partial charge on any atom is -0.103 e. The highest BCUT2D eigenvalue weighted by Crippen LogP contribution is 2.15. The number of hydrogen-bond donors (Lipinski definition) is 0. The summed E-state index contributed by atoms with van der Waals surface area (Å²) in [5.41, 5.74) is 0. The molecule has 0 aliphatic heterocycles. The summed E-state index contributed by atoms with van der Waals surface area (Å²) < 4.78 is 0. The fourth-order valence-corrected chi connectivity index (χ4v) is 1.28. The fourth-order valence-electron chi connectivity index (χ4n) is 1.28. The van der Waals surface area contributed by atoms with Crippen molar-refractivity contribution in [1.82, 2.24) is 0 Å². The summed E-state index contributed by atoms with van der Waals surface area (Å²) in [5, 5.41) is 0. The Morgan fingerprint density at radius 2 is 1.44 bits per heavy atom. The fraction of sp³-hybridized carbons (Fsp3) is 0.875. The second-order valence-corrected chi connectivity index (χ2v) is 5.01. The molecular formula is C16H34. The molecule has 2 unspecified atom stereocenters. The van der Waals surface area contributed by atoms with Crippen LogP contribution >= 0.6 is 0 Å². The van der Waals surface area contributed by atoms with Crippen molar-refractivity contribution in [3.05, 3.63) is 12.7 Å². The Labute approximate surface area is 105 Å². The van der Waals surface area contributed by atoms with E-state index in [0.717, 1.165) is 5.92 Å². The lowest BCUT2D eigenvalue weighted by Crippen LogP contribution is -1.93. The quantitative estimate of drug-likeness (QED) is 0.340. The van der Waals surface area contributed by atoms with Crippen LogP contribution in [-0.4, -0.2) is 0 Å². The van der Waals surface area contributed by atoms with Crippen molar-refractivity contribution in [1.29, 1.82) is 0 Å². The minimum absolute atomic E-state index is 0.710. The predicted octanol–water partition coefficient (Wildman–Crippen LogP) is 6.22. The molecule has 0 N–H and O–H groups in total. The summed E-state index contributed by atoms with van der Waals surface area (Å²) in [6.45, 7) is 15.0. The summed E-state index contributed by atoms with van der Waals surface area (Å²) in [6.07, 6.45) is 11.5. The minimum atomic E-state index is 0.710. The van der Waals surface area contributed by atoms with E-state index in [1.807, 2.05) is 0 Å². The maximum absolute atomic E-state index is 3.79. The van der Waals surface area contributed by atoms with E-state index in [1.165, 1.54) is 44.9 Å². The third-order valence-electron chi connectivity index (χ3n) is 3.21. The second-order valence-electron chi connectivity index (χ2n) is 5.01. The van der Waals surface area contributed by atoms with Gasteiger partial charge in [-0.2, -0.15) is 0 Å². The second kappa shape index (κ2) is 14.7. The Bertz CT molecular complexity index is 124. The summed E-state index contributed by atoms with van der Waals surface area (Å²) in [7, 11) is 0. The highest BCUT2D eigenvalue weighted by Gasteiger charge is 1.99. The van der Waals surface area contributed by atoms with Crippen LogP contribution in [0.2, 0.25) is 0 Å². The average molecular weight is 226 g/mol. The molecule has 0 aromatic rings. The van der Waals surface area contributed by atoms with Crippen molar-refractivity contribution in [2.75, 3.05) is 0 Å². The SMILES string of the molecule is C=CC(C)CCCCC(C)CC.CCCC. The van der Waals surface area contributed by atoms with Gasteiger partial charge in [0.2, 0.25) is 0 Å². The van der Waals surface area contributed by atoms with E-state index < -0.39 is 0 Å². The highest BCUT2D eigenvalue weighted by molar-refractivity contribution is 4.74. The van der Waals surface area contributed by atoms with Gasteiger partial charge in [-0.05, 0) is 18.3 Å². The molecule has 0 amide bonds. The summed E-state index contributed by atoms with van der Waals surface area (Å²) in [6, 6.07) is 0. The first-order valence-electron chi connectivity index (χ1n) is 7.24. The molecule has 2 atom stereocenters. The molecule has 0 rings (SSSR count). The lowest BCUT2D eigenvalue weighted by molar-refractivity contribution is 0.464. The van der Waals surface area contributed by atoms with Gasteiger partial charge in [-0.1, -0.05) is 79.2 Å². The molecule has 0 aliphatic rings. The van der Waals surface area contributed by atoms with Crippen LogP contribution in [0.15, 0.2) is 12.7 Å². The van der Waals surface area contributed by atoms with Gasteiger partial charge in [0.05, 0.1) is 0 Å². The van der Waals surface area contributed by atoms with Gasteiger partial charge in [0.15, 0.2) is 0 Å². The van der Waals surface area contributed by atoms with Gasteiger partial charge in [-0.3, -0.25) is 0 Å². The molecule has 0 fully saturated rings. The molecule has 0 aromatic carbocycles. The van der Waals surface area contributed by atoms with Gasteiger partial charge in [0.1, 0.15) is 0 Å². The molecule has 0 aromatic heterocycles. The Kier molecular flexibility index (Phi) is 16.7. The molecule has 0 heteroatoms. The van der Waals surface area contributed by atoms with Gasteiger partial charge >= 0.3 is 0 Å². The summed E-state index contributed by atoms with van der Waals surface area (Å²) in [5.74, 6) is 1.63. The van der Waals surface area contributed by atoms with Crippen LogP contribution in [0.1, 0.15) is 79.6 Å². The van der Waals surface area contributed by atoms with Crippen LogP contribution in [0.4, 0.5) is 0 Å². The van der Waals surface area contributed by atoms with E-state index in [4.69, 9.17) is 0 Å². The smallest absolute Gasteiger partial charge is 0.0265 e. The molecule has 0 radical (unpaired) electrons. The Balaban J connectivity index is 0. The molecule has 98 valence electrons. The average Bonchev–Trinajstić information content (AvgIpc) is 2.34. The number of hydrogen-bond acceptors (Lipinski definition) is 0. The van der Waals surface area contributed by atoms with Crippen molar-refractivity contribution in [2.24, 2.45) is 11.8 Å². The van der Waals surface area contributed by atoms with Crippen LogP contribution in [-0.2, 0) is 0 Å². The third-order valence-corrected chi connectivity index (χ3v) is 3.21. The van der Waals surface area contributed by atoms with E-state index >= 15 is 0 Å². The molecular weight excluding hydrogens is 192 g/mol. The molecule has 0 heterocycles. The maximum Gasteiger partial charge on any atom is -0.0265 e. The Hall–Kier alpha value is -0.260. The first-order valence-corrected chi connectivity index (χ1v) is 7.24. The van der Waals surface area contributed by atoms with Crippen LogP contribution < -0.4 is 0 Å². The van der Waals surface area contributed by atoms with Gasteiger partial charge in [-0.15, -0.1) is 6.58 Å². The standard InChI is InChI=1S/C12H24.C4H10/c1-5-11(3)9-7-8-10-12(4)6-2;1-3-4-2/h5,11-12H,1,6-10H2,2-4H3;3-4H2,1-2H3. The molecule has 0 nitrogen and oxygen atoms in total. The van der Waals surface area contributed by atoms with E-state index in [0.29, 0.717) is 5.92 Å². The highest BCUT2D eigenvalue weighted by atomic mass is 14.1.